The van der Waals surface area contributed by atoms with Crippen molar-refractivity contribution in [1.82, 2.24) is 9.97 Å². The van der Waals surface area contributed by atoms with Crippen molar-refractivity contribution < 1.29 is 14.3 Å². The van der Waals surface area contributed by atoms with E-state index in [1.165, 1.54) is 6.07 Å². The molecule has 5 heteroatoms. The highest BCUT2D eigenvalue weighted by Gasteiger charge is 2.21. The van der Waals surface area contributed by atoms with Crippen LogP contribution >= 0.6 is 0 Å². The first-order valence-electron chi connectivity index (χ1n) is 6.70. The summed E-state index contributed by atoms with van der Waals surface area (Å²) >= 11 is 0. The van der Waals surface area contributed by atoms with E-state index >= 15 is 0 Å². The van der Waals surface area contributed by atoms with Gasteiger partial charge in [0.15, 0.2) is 0 Å². The van der Waals surface area contributed by atoms with Crippen LogP contribution in [0.3, 0.4) is 0 Å². The number of benzene rings is 1. The number of aromatic nitrogens is 2. The van der Waals surface area contributed by atoms with Gasteiger partial charge in [0.2, 0.25) is 0 Å². The average molecular weight is 288 g/mol. The third kappa shape index (κ3) is 3.24. The minimum atomic E-state index is -0.911. The number of carboxylic acids is 1. The Morgan fingerprint density at radius 3 is 2.33 bits per heavy atom. The van der Waals surface area contributed by atoms with Crippen molar-refractivity contribution >= 4 is 5.97 Å². The summed E-state index contributed by atoms with van der Waals surface area (Å²) in [5.74, 6) is -1.37. The Morgan fingerprint density at radius 1 is 1.24 bits per heavy atom. The quantitative estimate of drug-likeness (QED) is 0.939. The van der Waals surface area contributed by atoms with Gasteiger partial charge >= 0.3 is 5.97 Å². The molecule has 21 heavy (non-hydrogen) atoms. The Bertz CT molecular complexity index is 663. The van der Waals surface area contributed by atoms with Gasteiger partial charge in [0.25, 0.3) is 0 Å². The van der Waals surface area contributed by atoms with E-state index in [1.807, 2.05) is 0 Å². The molecule has 0 spiro atoms. The Labute approximate surface area is 122 Å². The van der Waals surface area contributed by atoms with Crippen molar-refractivity contribution in [3.05, 3.63) is 58.4 Å². The van der Waals surface area contributed by atoms with E-state index in [4.69, 9.17) is 5.11 Å². The maximum absolute atomic E-state index is 13.7. The molecule has 110 valence electrons. The second-order valence-electron chi connectivity index (χ2n) is 5.05. The Kier molecular flexibility index (Phi) is 4.31. The standard InChI is InChI=1S/C16H17FN2O2/c1-9(16(20)21)15-10(2)18-14(19-11(15)3)8-12-6-4-5-7-13(12)17/h4-7,9H,8H2,1-3H3,(H,20,21). The van der Waals surface area contributed by atoms with Gasteiger partial charge in [0, 0.05) is 23.4 Å². The monoisotopic (exact) mass is 288 g/mol. The fraction of sp³-hybridized carbons (Fsp3) is 0.312. The molecule has 0 aliphatic heterocycles. The summed E-state index contributed by atoms with van der Waals surface area (Å²) in [5, 5.41) is 9.12. The van der Waals surface area contributed by atoms with Crippen LogP contribution in [-0.2, 0) is 11.2 Å². The van der Waals surface area contributed by atoms with Crippen molar-refractivity contribution in [2.24, 2.45) is 0 Å². The topological polar surface area (TPSA) is 63.1 Å². The Morgan fingerprint density at radius 2 is 1.81 bits per heavy atom. The SMILES string of the molecule is Cc1nc(Cc2ccccc2F)nc(C)c1C(C)C(=O)O. The van der Waals surface area contributed by atoms with Gasteiger partial charge in [-0.05, 0) is 32.4 Å². The molecule has 1 heterocycles. The molecule has 0 bridgehead atoms. The Hall–Kier alpha value is -2.30. The molecule has 1 unspecified atom stereocenters. The fourth-order valence-electron chi connectivity index (χ4n) is 2.44. The Balaban J connectivity index is 2.36. The van der Waals surface area contributed by atoms with Crippen molar-refractivity contribution in [1.29, 1.82) is 0 Å². The number of aliphatic carboxylic acids is 1. The van der Waals surface area contributed by atoms with Gasteiger partial charge in [-0.15, -0.1) is 0 Å². The maximum atomic E-state index is 13.7. The first kappa shape index (κ1) is 15.1. The highest BCUT2D eigenvalue weighted by molar-refractivity contribution is 5.76. The van der Waals surface area contributed by atoms with Crippen molar-refractivity contribution in [2.75, 3.05) is 0 Å². The molecule has 0 fully saturated rings. The van der Waals surface area contributed by atoms with Crippen LogP contribution in [0.25, 0.3) is 0 Å². The molecule has 0 amide bonds. The van der Waals surface area contributed by atoms with Crippen LogP contribution in [0.5, 0.6) is 0 Å². The number of hydrogen-bond donors (Lipinski definition) is 1. The largest absolute Gasteiger partial charge is 0.481 e. The normalized spacial score (nSPS) is 12.2. The molecule has 2 rings (SSSR count). The van der Waals surface area contributed by atoms with Crippen LogP contribution in [0, 0.1) is 19.7 Å². The summed E-state index contributed by atoms with van der Waals surface area (Å²) in [5.41, 5.74) is 2.41. The van der Waals surface area contributed by atoms with E-state index in [2.05, 4.69) is 9.97 Å². The lowest BCUT2D eigenvalue weighted by Crippen LogP contribution is -2.14. The summed E-state index contributed by atoms with van der Waals surface area (Å²) in [6, 6.07) is 6.49. The van der Waals surface area contributed by atoms with Crippen LogP contribution in [-0.4, -0.2) is 21.0 Å². The molecular weight excluding hydrogens is 271 g/mol. The van der Waals surface area contributed by atoms with E-state index in [1.54, 1.807) is 39.0 Å². The lowest BCUT2D eigenvalue weighted by atomic mass is 9.98. The lowest BCUT2D eigenvalue weighted by molar-refractivity contribution is -0.138. The van der Waals surface area contributed by atoms with Crippen molar-refractivity contribution in [2.45, 2.75) is 33.1 Å². The predicted molar refractivity (Wildman–Crippen MR) is 76.8 cm³/mol. The number of carbonyl (C=O) groups is 1. The number of aryl methyl sites for hydroxylation is 2. The van der Waals surface area contributed by atoms with E-state index in [0.717, 1.165) is 0 Å². The predicted octanol–water partition coefficient (Wildman–Crippen LogP) is 3.01. The van der Waals surface area contributed by atoms with Gasteiger partial charge in [-0.25, -0.2) is 14.4 Å². The summed E-state index contributed by atoms with van der Waals surface area (Å²) < 4.78 is 13.7. The highest BCUT2D eigenvalue weighted by atomic mass is 19.1. The lowest BCUT2D eigenvalue weighted by Gasteiger charge is -2.14. The van der Waals surface area contributed by atoms with Gasteiger partial charge in [-0.1, -0.05) is 18.2 Å². The van der Waals surface area contributed by atoms with Crippen molar-refractivity contribution in [3.8, 4) is 0 Å². The third-order valence-electron chi connectivity index (χ3n) is 3.48. The smallest absolute Gasteiger partial charge is 0.310 e. The maximum Gasteiger partial charge on any atom is 0.310 e. The van der Waals surface area contributed by atoms with Crippen LogP contribution in [0.4, 0.5) is 4.39 Å². The molecule has 1 N–H and O–H groups in total. The molecule has 4 nitrogen and oxygen atoms in total. The molecule has 1 aromatic carbocycles. The van der Waals surface area contributed by atoms with Gasteiger partial charge in [0.1, 0.15) is 11.6 Å². The minimum absolute atomic E-state index is 0.288. The second-order valence-corrected chi connectivity index (χ2v) is 5.05. The summed E-state index contributed by atoms with van der Waals surface area (Å²) in [7, 11) is 0. The van der Waals surface area contributed by atoms with E-state index in [9.17, 15) is 9.18 Å². The zero-order valence-corrected chi connectivity index (χ0v) is 12.2. The van der Waals surface area contributed by atoms with Crippen molar-refractivity contribution in [3.63, 3.8) is 0 Å². The van der Waals surface area contributed by atoms with E-state index in [-0.39, 0.29) is 12.2 Å². The summed E-state index contributed by atoms with van der Waals surface area (Å²) in [4.78, 5) is 19.8. The molecule has 0 aliphatic carbocycles. The third-order valence-corrected chi connectivity index (χ3v) is 3.48. The van der Waals surface area contributed by atoms with Gasteiger partial charge in [0.05, 0.1) is 5.92 Å². The molecular formula is C16H17FN2O2. The summed E-state index contributed by atoms with van der Waals surface area (Å²) in [6.45, 7) is 5.13. The van der Waals surface area contributed by atoms with E-state index in [0.29, 0.717) is 28.3 Å². The van der Waals surface area contributed by atoms with E-state index < -0.39 is 11.9 Å². The average Bonchev–Trinajstić information content (AvgIpc) is 2.40. The second kappa shape index (κ2) is 5.99. The number of nitrogens with zero attached hydrogens (tertiary/aromatic N) is 2. The van der Waals surface area contributed by atoms with Crippen LogP contribution in [0.2, 0.25) is 0 Å². The van der Waals surface area contributed by atoms with Crippen LogP contribution < -0.4 is 0 Å². The summed E-state index contributed by atoms with van der Waals surface area (Å²) in [6.07, 6.45) is 0.288. The molecule has 1 aromatic heterocycles. The molecule has 2 aromatic rings. The van der Waals surface area contributed by atoms with Crippen LogP contribution in [0.15, 0.2) is 24.3 Å². The van der Waals surface area contributed by atoms with Gasteiger partial charge in [-0.3, -0.25) is 4.79 Å². The molecule has 0 radical (unpaired) electrons. The number of hydrogen-bond acceptors (Lipinski definition) is 3. The molecule has 0 aliphatic rings. The highest BCUT2D eigenvalue weighted by Crippen LogP contribution is 2.22. The minimum Gasteiger partial charge on any atom is -0.481 e. The number of rotatable bonds is 4. The van der Waals surface area contributed by atoms with Gasteiger partial charge in [-0.2, -0.15) is 0 Å². The van der Waals surface area contributed by atoms with Gasteiger partial charge < -0.3 is 5.11 Å². The molecule has 0 saturated carbocycles. The first-order chi connectivity index (χ1) is 9.90. The molecule has 1 atom stereocenters. The number of halogens is 1. The van der Waals surface area contributed by atoms with Crippen LogP contribution in [0.1, 0.15) is 41.2 Å². The number of carboxylic acid groups (broad SMARTS) is 1. The molecule has 0 saturated heterocycles. The fourth-order valence-corrected chi connectivity index (χ4v) is 2.44. The zero-order valence-electron chi connectivity index (χ0n) is 12.2. The first-order valence-corrected chi connectivity index (χ1v) is 6.70. The zero-order chi connectivity index (χ0) is 15.6.